The van der Waals surface area contributed by atoms with Crippen LogP contribution in [0.25, 0.3) is 0 Å². The quantitative estimate of drug-likeness (QED) is 0.907. The smallest absolute Gasteiger partial charge is 0.132 e. The maximum Gasteiger partial charge on any atom is 0.132 e. The van der Waals surface area contributed by atoms with Crippen LogP contribution in [0.2, 0.25) is 10.0 Å². The summed E-state index contributed by atoms with van der Waals surface area (Å²) in [6.07, 6.45) is 4.14. The Morgan fingerprint density at radius 2 is 2.17 bits per heavy atom. The van der Waals surface area contributed by atoms with E-state index in [1.165, 1.54) is 16.8 Å². The Kier molecular flexibility index (Phi) is 4.72. The summed E-state index contributed by atoms with van der Waals surface area (Å²) in [5, 5.41) is 4.60. The summed E-state index contributed by atoms with van der Waals surface area (Å²) in [5.74, 6) is 1.49. The molecule has 1 fully saturated rings. The van der Waals surface area contributed by atoms with E-state index in [1.54, 1.807) is 0 Å². The molecule has 1 atom stereocenters. The van der Waals surface area contributed by atoms with Crippen molar-refractivity contribution in [3.63, 3.8) is 0 Å². The molecule has 1 N–H and O–H groups in total. The summed E-state index contributed by atoms with van der Waals surface area (Å²) in [7, 11) is 0. The zero-order valence-electron chi connectivity index (χ0n) is 13.4. The number of aromatic nitrogens is 2. The van der Waals surface area contributed by atoms with Crippen molar-refractivity contribution in [1.29, 1.82) is 0 Å². The summed E-state index contributed by atoms with van der Waals surface area (Å²) < 4.78 is 0. The van der Waals surface area contributed by atoms with E-state index < -0.39 is 0 Å². The van der Waals surface area contributed by atoms with Crippen LogP contribution in [0.4, 0.5) is 0 Å². The highest BCUT2D eigenvalue weighted by molar-refractivity contribution is 6.42. The van der Waals surface area contributed by atoms with Crippen molar-refractivity contribution in [2.24, 2.45) is 0 Å². The molecule has 0 aliphatic carbocycles. The van der Waals surface area contributed by atoms with Gasteiger partial charge in [-0.05, 0) is 30.7 Å². The molecule has 3 heterocycles. The predicted octanol–water partition coefficient (Wildman–Crippen LogP) is 3.42. The van der Waals surface area contributed by atoms with Gasteiger partial charge >= 0.3 is 0 Å². The molecule has 0 amide bonds. The summed E-state index contributed by atoms with van der Waals surface area (Å²) in [6, 6.07) is 5.85. The van der Waals surface area contributed by atoms with Gasteiger partial charge in [0.05, 0.1) is 10.0 Å². The van der Waals surface area contributed by atoms with Crippen LogP contribution in [0.15, 0.2) is 24.4 Å². The maximum absolute atomic E-state index is 6.12. The molecule has 0 spiro atoms. The molecule has 2 aliphatic rings. The van der Waals surface area contributed by atoms with E-state index in [-0.39, 0.29) is 0 Å². The van der Waals surface area contributed by atoms with Gasteiger partial charge < -0.3 is 5.32 Å². The normalized spacial score (nSPS) is 21.0. The number of benzene rings is 1. The van der Waals surface area contributed by atoms with Gasteiger partial charge in [-0.2, -0.15) is 0 Å². The molecule has 4 rings (SSSR count). The highest BCUT2D eigenvalue weighted by atomic mass is 35.5. The standard InChI is InChI=1S/C18H20Cl2N4/c19-15-2-1-12(7-16(15)20)10-24-6-4-17-14(11-24)9-22-18(23-17)13-3-5-21-8-13/h1-2,7,9,13,21H,3-6,8,10-11H2/t13-/m0/s1. The monoisotopic (exact) mass is 362 g/mol. The van der Waals surface area contributed by atoms with Gasteiger partial charge in [-0.15, -0.1) is 0 Å². The molecule has 1 saturated heterocycles. The lowest BCUT2D eigenvalue weighted by Crippen LogP contribution is -2.31. The third-order valence-corrected chi connectivity index (χ3v) is 5.59. The zero-order valence-corrected chi connectivity index (χ0v) is 14.9. The van der Waals surface area contributed by atoms with E-state index in [9.17, 15) is 0 Å². The number of rotatable bonds is 3. The molecule has 4 nitrogen and oxygen atoms in total. The minimum atomic E-state index is 0.476. The van der Waals surface area contributed by atoms with Gasteiger partial charge in [-0.3, -0.25) is 4.90 Å². The first-order valence-electron chi connectivity index (χ1n) is 8.41. The Hall–Kier alpha value is -1.20. The topological polar surface area (TPSA) is 41.1 Å². The fraction of sp³-hybridized carbons (Fsp3) is 0.444. The fourth-order valence-electron chi connectivity index (χ4n) is 3.49. The van der Waals surface area contributed by atoms with E-state index >= 15 is 0 Å². The first-order valence-corrected chi connectivity index (χ1v) is 9.16. The number of fused-ring (bicyclic) bond motifs is 1. The first kappa shape index (κ1) is 16.3. The minimum Gasteiger partial charge on any atom is -0.316 e. The Balaban J connectivity index is 1.46. The lowest BCUT2D eigenvalue weighted by atomic mass is 10.0. The molecule has 0 saturated carbocycles. The van der Waals surface area contributed by atoms with Gasteiger partial charge in [-0.1, -0.05) is 29.3 Å². The van der Waals surface area contributed by atoms with Crippen LogP contribution in [0.5, 0.6) is 0 Å². The number of halogens is 2. The average Bonchev–Trinajstić information content (AvgIpc) is 3.12. The summed E-state index contributed by atoms with van der Waals surface area (Å²) in [5.41, 5.74) is 3.65. The summed E-state index contributed by atoms with van der Waals surface area (Å²) in [4.78, 5) is 11.9. The van der Waals surface area contributed by atoms with Crippen LogP contribution >= 0.6 is 23.2 Å². The Morgan fingerprint density at radius 3 is 2.96 bits per heavy atom. The van der Waals surface area contributed by atoms with Crippen LogP contribution < -0.4 is 5.32 Å². The zero-order chi connectivity index (χ0) is 16.5. The van der Waals surface area contributed by atoms with Crippen LogP contribution in [-0.4, -0.2) is 34.5 Å². The Bertz CT molecular complexity index is 744. The van der Waals surface area contributed by atoms with E-state index in [0.29, 0.717) is 16.0 Å². The third kappa shape index (κ3) is 3.42. The Morgan fingerprint density at radius 1 is 1.25 bits per heavy atom. The highest BCUT2D eigenvalue weighted by Gasteiger charge is 2.23. The van der Waals surface area contributed by atoms with Crippen LogP contribution in [0.1, 0.15) is 35.0 Å². The van der Waals surface area contributed by atoms with Gasteiger partial charge in [0, 0.05) is 56.0 Å². The third-order valence-electron chi connectivity index (χ3n) is 4.85. The molecule has 0 radical (unpaired) electrons. The van der Waals surface area contributed by atoms with E-state index in [0.717, 1.165) is 51.4 Å². The van der Waals surface area contributed by atoms with Gasteiger partial charge in [0.25, 0.3) is 0 Å². The van der Waals surface area contributed by atoms with Crippen LogP contribution in [-0.2, 0) is 19.5 Å². The first-order chi connectivity index (χ1) is 11.7. The van der Waals surface area contributed by atoms with Gasteiger partial charge in [0.1, 0.15) is 5.82 Å². The van der Waals surface area contributed by atoms with Crippen LogP contribution in [0.3, 0.4) is 0 Å². The number of hydrogen-bond acceptors (Lipinski definition) is 4. The second-order valence-corrected chi connectivity index (χ2v) is 7.41. The molecule has 24 heavy (non-hydrogen) atoms. The lowest BCUT2D eigenvalue weighted by Gasteiger charge is -2.28. The average molecular weight is 363 g/mol. The molecule has 2 aromatic rings. The molecule has 1 aromatic carbocycles. The Labute approximate surface area is 152 Å². The molecule has 1 aromatic heterocycles. The van der Waals surface area contributed by atoms with Gasteiger partial charge in [0.2, 0.25) is 0 Å². The van der Waals surface area contributed by atoms with Crippen molar-refractivity contribution >= 4 is 23.2 Å². The lowest BCUT2D eigenvalue weighted by molar-refractivity contribution is 0.242. The van der Waals surface area contributed by atoms with Crippen molar-refractivity contribution in [2.45, 2.75) is 31.8 Å². The van der Waals surface area contributed by atoms with E-state index in [1.807, 2.05) is 24.4 Å². The van der Waals surface area contributed by atoms with Crippen molar-refractivity contribution in [3.8, 4) is 0 Å². The second-order valence-electron chi connectivity index (χ2n) is 6.60. The second kappa shape index (κ2) is 6.96. The number of nitrogens with one attached hydrogen (secondary N) is 1. The molecule has 2 aliphatic heterocycles. The molecule has 0 bridgehead atoms. The summed E-state index contributed by atoms with van der Waals surface area (Å²) >= 11 is 12.1. The molecule has 126 valence electrons. The van der Waals surface area contributed by atoms with Crippen molar-refractivity contribution in [1.82, 2.24) is 20.2 Å². The minimum absolute atomic E-state index is 0.476. The molecular weight excluding hydrogens is 343 g/mol. The highest BCUT2D eigenvalue weighted by Crippen LogP contribution is 2.26. The number of nitrogens with zero attached hydrogens (tertiary/aromatic N) is 3. The van der Waals surface area contributed by atoms with Crippen molar-refractivity contribution < 1.29 is 0 Å². The molecule has 0 unspecified atom stereocenters. The van der Waals surface area contributed by atoms with Crippen molar-refractivity contribution in [2.75, 3.05) is 19.6 Å². The fourth-order valence-corrected chi connectivity index (χ4v) is 3.81. The van der Waals surface area contributed by atoms with Gasteiger partial charge in [-0.25, -0.2) is 9.97 Å². The van der Waals surface area contributed by atoms with Gasteiger partial charge in [0.15, 0.2) is 0 Å². The maximum atomic E-state index is 6.12. The SMILES string of the molecule is Clc1ccc(CN2CCc3nc([C@H]4CCNC4)ncc3C2)cc1Cl. The molecular formula is C18H20Cl2N4. The van der Waals surface area contributed by atoms with E-state index in [4.69, 9.17) is 28.2 Å². The summed E-state index contributed by atoms with van der Waals surface area (Å²) in [6.45, 7) is 4.83. The van der Waals surface area contributed by atoms with E-state index in [2.05, 4.69) is 15.2 Å². The predicted molar refractivity (Wildman–Crippen MR) is 96.5 cm³/mol. The van der Waals surface area contributed by atoms with Crippen LogP contribution in [0, 0.1) is 0 Å². The molecule has 6 heteroatoms. The van der Waals surface area contributed by atoms with Crippen molar-refractivity contribution in [3.05, 3.63) is 57.1 Å². The number of hydrogen-bond donors (Lipinski definition) is 1. The largest absolute Gasteiger partial charge is 0.316 e.